The van der Waals surface area contributed by atoms with E-state index < -0.39 is 29.2 Å². The number of aromatic carboxylic acids is 1. The topological polar surface area (TPSA) is 59.4 Å². The number of rotatable bonds is 3. The van der Waals surface area contributed by atoms with Gasteiger partial charge in [-0.2, -0.15) is 13.2 Å². The van der Waals surface area contributed by atoms with Crippen molar-refractivity contribution in [2.75, 3.05) is 0 Å². The summed E-state index contributed by atoms with van der Waals surface area (Å²) in [5.41, 5.74) is -2.50. The zero-order valence-corrected chi connectivity index (χ0v) is 9.89. The number of hydrogen-bond donors (Lipinski definition) is 1. The summed E-state index contributed by atoms with van der Waals surface area (Å²) in [5, 5.41) is 8.97. The molecule has 0 saturated carbocycles. The number of carboxylic acids is 1. The van der Waals surface area contributed by atoms with Crippen molar-refractivity contribution >= 4 is 5.97 Å². The van der Waals surface area contributed by atoms with E-state index in [0.29, 0.717) is 0 Å². The Hall–Kier alpha value is -2.57. The predicted octanol–water partition coefficient (Wildman–Crippen LogP) is 3.59. The van der Waals surface area contributed by atoms with Gasteiger partial charge in [0.25, 0.3) is 0 Å². The first kappa shape index (κ1) is 13.9. The number of para-hydroxylation sites is 1. The number of carboxylic acid groups (broad SMARTS) is 1. The molecule has 1 N–H and O–H groups in total. The molecule has 1 aromatic carbocycles. The van der Waals surface area contributed by atoms with Crippen molar-refractivity contribution in [3.63, 3.8) is 0 Å². The number of alkyl halides is 3. The maximum Gasteiger partial charge on any atom is 0.434 e. The van der Waals surface area contributed by atoms with E-state index in [1.165, 1.54) is 12.1 Å². The Kier molecular flexibility index (Phi) is 3.60. The van der Waals surface area contributed by atoms with E-state index in [9.17, 15) is 18.0 Å². The van der Waals surface area contributed by atoms with Crippen LogP contribution in [0.4, 0.5) is 13.2 Å². The molecular formula is C13H8F3NO3. The minimum absolute atomic E-state index is 0.231. The first-order valence-corrected chi connectivity index (χ1v) is 5.42. The first-order chi connectivity index (χ1) is 9.39. The number of aromatic nitrogens is 1. The van der Waals surface area contributed by atoms with Crippen LogP contribution in [0.15, 0.2) is 42.6 Å². The van der Waals surface area contributed by atoms with E-state index in [0.717, 1.165) is 12.3 Å². The lowest BCUT2D eigenvalue weighted by molar-refractivity contribution is -0.141. The Morgan fingerprint density at radius 3 is 2.35 bits per heavy atom. The highest BCUT2D eigenvalue weighted by atomic mass is 19.4. The molecule has 4 nitrogen and oxygen atoms in total. The second-order valence-corrected chi connectivity index (χ2v) is 3.75. The van der Waals surface area contributed by atoms with Crippen molar-refractivity contribution < 1.29 is 27.8 Å². The molecule has 20 heavy (non-hydrogen) atoms. The van der Waals surface area contributed by atoms with Gasteiger partial charge in [0.1, 0.15) is 17.1 Å². The highest BCUT2D eigenvalue weighted by molar-refractivity contribution is 5.92. The van der Waals surface area contributed by atoms with Crippen LogP contribution in [-0.2, 0) is 6.18 Å². The van der Waals surface area contributed by atoms with Crippen molar-refractivity contribution in [2.24, 2.45) is 0 Å². The molecule has 0 radical (unpaired) electrons. The third kappa shape index (κ3) is 2.87. The van der Waals surface area contributed by atoms with Crippen LogP contribution in [0.3, 0.4) is 0 Å². The lowest BCUT2D eigenvalue weighted by Gasteiger charge is -2.13. The van der Waals surface area contributed by atoms with Gasteiger partial charge in [-0.25, -0.2) is 4.79 Å². The van der Waals surface area contributed by atoms with Crippen molar-refractivity contribution in [3.05, 3.63) is 53.9 Å². The third-order valence-electron chi connectivity index (χ3n) is 2.37. The quantitative estimate of drug-likeness (QED) is 0.935. The van der Waals surface area contributed by atoms with Gasteiger partial charge in [0.2, 0.25) is 0 Å². The minimum atomic E-state index is -4.87. The second kappa shape index (κ2) is 5.20. The molecule has 0 bridgehead atoms. The van der Waals surface area contributed by atoms with Gasteiger partial charge in [0, 0.05) is 12.3 Å². The Labute approximate surface area is 111 Å². The summed E-state index contributed by atoms with van der Waals surface area (Å²) < 4.78 is 43.4. The number of pyridine rings is 1. The molecule has 7 heteroatoms. The summed E-state index contributed by atoms with van der Waals surface area (Å²) in [6.07, 6.45) is -4.02. The number of nitrogens with zero attached hydrogens (tertiary/aromatic N) is 1. The summed E-state index contributed by atoms with van der Waals surface area (Å²) in [6.45, 7) is 0. The smallest absolute Gasteiger partial charge is 0.434 e. The lowest BCUT2D eigenvalue weighted by Crippen LogP contribution is -2.16. The molecule has 0 aliphatic heterocycles. The molecular weight excluding hydrogens is 275 g/mol. The molecule has 0 fully saturated rings. The molecule has 0 spiro atoms. The van der Waals surface area contributed by atoms with Crippen LogP contribution in [-0.4, -0.2) is 16.1 Å². The number of hydrogen-bond acceptors (Lipinski definition) is 3. The van der Waals surface area contributed by atoms with E-state index in [2.05, 4.69) is 4.98 Å². The number of benzene rings is 1. The standard InChI is InChI=1S/C13H8F3NO3/c14-13(15,16)11-10(12(18)19)9(6-7-17-11)20-8-4-2-1-3-5-8/h1-7H,(H,18,19). The average molecular weight is 283 g/mol. The van der Waals surface area contributed by atoms with E-state index >= 15 is 0 Å². The highest BCUT2D eigenvalue weighted by Gasteiger charge is 2.39. The molecule has 104 valence electrons. The van der Waals surface area contributed by atoms with Crippen LogP contribution in [0, 0.1) is 0 Å². The van der Waals surface area contributed by atoms with Crippen molar-refractivity contribution in [1.82, 2.24) is 4.98 Å². The van der Waals surface area contributed by atoms with Gasteiger partial charge in [-0.3, -0.25) is 4.98 Å². The normalized spacial score (nSPS) is 11.2. The third-order valence-corrected chi connectivity index (χ3v) is 2.37. The zero-order chi connectivity index (χ0) is 14.8. The Bertz CT molecular complexity index is 627. The lowest BCUT2D eigenvalue weighted by atomic mass is 10.1. The van der Waals surface area contributed by atoms with Crippen LogP contribution < -0.4 is 4.74 Å². The maximum atomic E-state index is 12.7. The van der Waals surface area contributed by atoms with Crippen molar-refractivity contribution in [3.8, 4) is 11.5 Å². The summed E-state index contributed by atoms with van der Waals surface area (Å²) in [6, 6.07) is 8.99. The summed E-state index contributed by atoms with van der Waals surface area (Å²) in [5.74, 6) is -1.93. The van der Waals surface area contributed by atoms with Crippen molar-refractivity contribution in [1.29, 1.82) is 0 Å². The van der Waals surface area contributed by atoms with Gasteiger partial charge in [0.15, 0.2) is 5.69 Å². The Balaban J connectivity index is 2.51. The molecule has 0 aliphatic carbocycles. The number of ether oxygens (including phenoxy) is 1. The van der Waals surface area contributed by atoms with E-state index in [4.69, 9.17) is 9.84 Å². The minimum Gasteiger partial charge on any atom is -0.477 e. The van der Waals surface area contributed by atoms with Crippen LogP contribution in [0.1, 0.15) is 16.1 Å². The second-order valence-electron chi connectivity index (χ2n) is 3.75. The van der Waals surface area contributed by atoms with Crippen LogP contribution >= 0.6 is 0 Å². The maximum absolute atomic E-state index is 12.7. The van der Waals surface area contributed by atoms with Crippen LogP contribution in [0.5, 0.6) is 11.5 Å². The fourth-order valence-corrected chi connectivity index (χ4v) is 1.57. The molecule has 1 heterocycles. The van der Waals surface area contributed by atoms with Crippen LogP contribution in [0.2, 0.25) is 0 Å². The molecule has 0 aliphatic rings. The molecule has 2 rings (SSSR count). The highest BCUT2D eigenvalue weighted by Crippen LogP contribution is 2.35. The van der Waals surface area contributed by atoms with E-state index in [1.807, 2.05) is 0 Å². The zero-order valence-electron chi connectivity index (χ0n) is 9.89. The SMILES string of the molecule is O=C(O)c1c(Oc2ccccc2)ccnc1C(F)(F)F. The molecule has 1 aromatic heterocycles. The Morgan fingerprint density at radius 1 is 1.15 bits per heavy atom. The van der Waals surface area contributed by atoms with Crippen LogP contribution in [0.25, 0.3) is 0 Å². The fraction of sp³-hybridized carbons (Fsp3) is 0.0769. The summed E-state index contributed by atoms with van der Waals surface area (Å²) in [4.78, 5) is 14.1. The van der Waals surface area contributed by atoms with Gasteiger partial charge in [0.05, 0.1) is 0 Å². The first-order valence-electron chi connectivity index (χ1n) is 5.42. The van der Waals surface area contributed by atoms with Crippen molar-refractivity contribution in [2.45, 2.75) is 6.18 Å². The summed E-state index contributed by atoms with van der Waals surface area (Å²) in [7, 11) is 0. The van der Waals surface area contributed by atoms with Gasteiger partial charge < -0.3 is 9.84 Å². The Morgan fingerprint density at radius 2 is 1.80 bits per heavy atom. The fourth-order valence-electron chi connectivity index (χ4n) is 1.57. The largest absolute Gasteiger partial charge is 0.477 e. The molecule has 0 amide bonds. The number of carbonyl (C=O) groups is 1. The average Bonchev–Trinajstić information content (AvgIpc) is 2.38. The molecule has 2 aromatic rings. The van der Waals surface area contributed by atoms with Gasteiger partial charge in [-0.05, 0) is 12.1 Å². The van der Waals surface area contributed by atoms with Gasteiger partial charge in [-0.15, -0.1) is 0 Å². The molecule has 0 atom stereocenters. The van der Waals surface area contributed by atoms with Gasteiger partial charge in [-0.1, -0.05) is 18.2 Å². The predicted molar refractivity (Wildman–Crippen MR) is 62.7 cm³/mol. The number of halogens is 3. The van der Waals surface area contributed by atoms with E-state index in [-0.39, 0.29) is 5.75 Å². The van der Waals surface area contributed by atoms with E-state index in [1.54, 1.807) is 18.2 Å². The molecule has 0 unspecified atom stereocenters. The molecule has 0 saturated heterocycles. The monoisotopic (exact) mass is 283 g/mol. The van der Waals surface area contributed by atoms with Gasteiger partial charge >= 0.3 is 12.1 Å². The summed E-state index contributed by atoms with van der Waals surface area (Å²) >= 11 is 0.